The van der Waals surface area contributed by atoms with Crippen LogP contribution in [0, 0.1) is 0 Å². The van der Waals surface area contributed by atoms with E-state index < -0.39 is 26.8 Å². The van der Waals surface area contributed by atoms with Gasteiger partial charge in [0.2, 0.25) is 5.91 Å². The highest BCUT2D eigenvalue weighted by Gasteiger charge is 2.13. The number of amides is 1. The van der Waals surface area contributed by atoms with Crippen LogP contribution in [0.15, 0.2) is 0 Å². The van der Waals surface area contributed by atoms with Gasteiger partial charge in [-0.2, -0.15) is 0 Å². The van der Waals surface area contributed by atoms with Crippen LogP contribution >= 0.6 is 0 Å². The minimum Gasteiger partial charge on any atom is -0.480 e. The first-order chi connectivity index (χ1) is 17.8. The molecule has 0 aromatic carbocycles. The fourth-order valence-corrected chi connectivity index (χ4v) is 3.07. The van der Waals surface area contributed by atoms with Crippen molar-refractivity contribution < 1.29 is 57.0 Å². The summed E-state index contributed by atoms with van der Waals surface area (Å²) in [5, 5.41) is 10.9. The van der Waals surface area contributed by atoms with Crippen LogP contribution in [0.3, 0.4) is 0 Å². The van der Waals surface area contributed by atoms with Crippen molar-refractivity contribution in [1.29, 1.82) is 0 Å². The summed E-state index contributed by atoms with van der Waals surface area (Å²) in [5.41, 5.74) is 0. The molecule has 0 radical (unpaired) electrons. The van der Waals surface area contributed by atoms with Gasteiger partial charge in [-0.15, -0.1) is 0 Å². The van der Waals surface area contributed by atoms with Crippen molar-refractivity contribution >= 4 is 20.2 Å². The van der Waals surface area contributed by atoms with E-state index in [1.54, 1.807) is 0 Å². The Bertz CT molecular complexity index is 536. The van der Waals surface area contributed by atoms with Crippen LogP contribution < -0.4 is 5.32 Å². The van der Waals surface area contributed by atoms with Gasteiger partial charge in [0.15, 0.2) is 8.32 Å². The van der Waals surface area contributed by atoms with Crippen LogP contribution in [0.25, 0.3) is 0 Å². The Morgan fingerprint density at radius 1 is 0.541 bits per heavy atom. The van der Waals surface area contributed by atoms with Crippen LogP contribution in [0.4, 0.5) is 0 Å². The van der Waals surface area contributed by atoms with E-state index >= 15 is 0 Å². The Labute approximate surface area is 221 Å². The third-order valence-corrected chi connectivity index (χ3v) is 5.09. The van der Waals surface area contributed by atoms with Crippen LogP contribution in [0.2, 0.25) is 19.6 Å². The molecule has 0 fully saturated rings. The fraction of sp³-hybridized carbons (Fsp3) is 0.913. The summed E-state index contributed by atoms with van der Waals surface area (Å²) in [5.74, 6) is -1.51. The summed E-state index contributed by atoms with van der Waals surface area (Å²) in [4.78, 5) is 21.6. The molecule has 14 heteroatoms. The molecular formula is C23H47NO12Si. The number of rotatable bonds is 29. The fourth-order valence-electron chi connectivity index (χ4n) is 2.37. The van der Waals surface area contributed by atoms with Gasteiger partial charge in [-0.25, -0.2) is 4.79 Å². The highest BCUT2D eigenvalue weighted by atomic mass is 28.4. The van der Waals surface area contributed by atoms with E-state index in [1.807, 2.05) is 0 Å². The zero-order chi connectivity index (χ0) is 27.5. The number of hydrogen-bond acceptors (Lipinski definition) is 11. The molecule has 0 bridgehead atoms. The van der Waals surface area contributed by atoms with Crippen LogP contribution in [0.5, 0.6) is 0 Å². The predicted molar refractivity (Wildman–Crippen MR) is 136 cm³/mol. The lowest BCUT2D eigenvalue weighted by molar-refractivity contribution is -0.143. The van der Waals surface area contributed by atoms with Crippen molar-refractivity contribution in [2.24, 2.45) is 0 Å². The van der Waals surface area contributed by atoms with Crippen molar-refractivity contribution in [3.63, 3.8) is 0 Å². The highest BCUT2D eigenvalue weighted by molar-refractivity contribution is 6.69. The first-order valence-electron chi connectivity index (χ1n) is 12.6. The number of carbonyl (C=O) groups is 2. The Morgan fingerprint density at radius 3 is 1.24 bits per heavy atom. The minimum absolute atomic E-state index is 0.295. The van der Waals surface area contributed by atoms with E-state index in [-0.39, 0.29) is 6.61 Å². The first kappa shape index (κ1) is 35.8. The molecule has 37 heavy (non-hydrogen) atoms. The van der Waals surface area contributed by atoms with E-state index in [9.17, 15) is 9.59 Å². The molecular weight excluding hydrogens is 510 g/mol. The second-order valence-corrected chi connectivity index (χ2v) is 13.0. The van der Waals surface area contributed by atoms with Gasteiger partial charge in [0, 0.05) is 6.54 Å². The molecule has 220 valence electrons. The maximum atomic E-state index is 11.3. The van der Waals surface area contributed by atoms with Gasteiger partial charge in [-0.3, -0.25) is 4.79 Å². The molecule has 0 rings (SSSR count). The average Bonchev–Trinajstić information content (AvgIpc) is 2.83. The van der Waals surface area contributed by atoms with Gasteiger partial charge in [0.05, 0.1) is 99.1 Å². The van der Waals surface area contributed by atoms with E-state index in [4.69, 9.17) is 42.7 Å². The normalized spacial score (nSPS) is 11.6. The highest BCUT2D eigenvalue weighted by Crippen LogP contribution is 2.01. The smallest absolute Gasteiger partial charge is 0.329 e. The molecule has 0 aromatic rings. The molecule has 0 aliphatic carbocycles. The SMILES string of the molecule is C[Si](C)(C)OCCOCCOCCOCCOCCOCCOCCOCCNC(=O)COCC(=O)O. The van der Waals surface area contributed by atoms with E-state index in [0.717, 1.165) is 0 Å². The molecule has 1 amide bonds. The standard InChI is InChI=1S/C23H47NO12Si/c1-37(2,3)36-19-18-34-17-16-33-15-14-32-13-12-31-11-10-30-9-8-29-7-6-28-5-4-24-22(25)20-35-21-23(26)27/h4-21H2,1-3H3,(H,24,25)(H,26,27). The van der Waals surface area contributed by atoms with Crippen molar-refractivity contribution in [2.75, 3.05) is 119 Å². The summed E-state index contributed by atoms with van der Waals surface area (Å²) < 4.78 is 48.2. The number of hydrogen-bond donors (Lipinski definition) is 2. The number of aliphatic carboxylic acids is 1. The Kier molecular flexibility index (Phi) is 25.5. The lowest BCUT2D eigenvalue weighted by Crippen LogP contribution is -2.31. The minimum atomic E-state index is -1.46. The number of carboxylic acid groups (broad SMARTS) is 1. The zero-order valence-electron chi connectivity index (χ0n) is 22.7. The number of nitrogens with one attached hydrogen (secondary N) is 1. The maximum Gasteiger partial charge on any atom is 0.329 e. The molecule has 0 aliphatic heterocycles. The average molecular weight is 558 g/mol. The molecule has 0 heterocycles. The molecule has 0 spiro atoms. The molecule has 2 N–H and O–H groups in total. The Morgan fingerprint density at radius 2 is 0.892 bits per heavy atom. The first-order valence-corrected chi connectivity index (χ1v) is 16.0. The number of carbonyl (C=O) groups excluding carboxylic acids is 1. The second kappa shape index (κ2) is 26.4. The quantitative estimate of drug-likeness (QED) is 0.0953. The lowest BCUT2D eigenvalue weighted by Gasteiger charge is -2.16. The molecule has 13 nitrogen and oxygen atoms in total. The van der Waals surface area contributed by atoms with Crippen molar-refractivity contribution in [1.82, 2.24) is 5.32 Å². The molecule has 0 saturated heterocycles. The molecule has 0 unspecified atom stereocenters. The predicted octanol–water partition coefficient (Wildman–Crippen LogP) is 0.172. The lowest BCUT2D eigenvalue weighted by atomic mass is 10.6. The van der Waals surface area contributed by atoms with Crippen LogP contribution in [0.1, 0.15) is 0 Å². The third-order valence-electron chi connectivity index (χ3n) is 4.02. The van der Waals surface area contributed by atoms with Crippen molar-refractivity contribution in [2.45, 2.75) is 19.6 Å². The molecule has 0 atom stereocenters. The third kappa shape index (κ3) is 32.8. The van der Waals surface area contributed by atoms with Crippen LogP contribution in [-0.4, -0.2) is 144 Å². The summed E-state index contributed by atoms with van der Waals surface area (Å²) in [6.07, 6.45) is 0. The summed E-state index contributed by atoms with van der Waals surface area (Å²) in [6, 6.07) is 0. The van der Waals surface area contributed by atoms with Gasteiger partial charge < -0.3 is 52.7 Å². The van der Waals surface area contributed by atoms with Crippen LogP contribution in [-0.2, 0) is 51.9 Å². The maximum absolute atomic E-state index is 11.3. The Balaban J connectivity index is 3.12. The monoisotopic (exact) mass is 557 g/mol. The molecule has 0 saturated carbocycles. The topological polar surface area (TPSA) is 149 Å². The zero-order valence-corrected chi connectivity index (χ0v) is 23.7. The van der Waals surface area contributed by atoms with Gasteiger partial charge in [0.1, 0.15) is 13.2 Å². The Hall–Kier alpha value is -1.20. The van der Waals surface area contributed by atoms with Gasteiger partial charge >= 0.3 is 5.97 Å². The summed E-state index contributed by atoms with van der Waals surface area (Å²) in [6.45, 7) is 13.3. The van der Waals surface area contributed by atoms with Gasteiger partial charge in [-0.05, 0) is 19.6 Å². The summed E-state index contributed by atoms with van der Waals surface area (Å²) >= 11 is 0. The van der Waals surface area contributed by atoms with Crippen molar-refractivity contribution in [3.8, 4) is 0 Å². The van der Waals surface area contributed by atoms with Gasteiger partial charge in [-0.1, -0.05) is 0 Å². The second-order valence-electron chi connectivity index (χ2n) is 8.48. The van der Waals surface area contributed by atoms with E-state index in [2.05, 4.69) is 29.7 Å². The number of carboxylic acids is 1. The van der Waals surface area contributed by atoms with Crippen molar-refractivity contribution in [3.05, 3.63) is 0 Å². The van der Waals surface area contributed by atoms with E-state index in [0.29, 0.717) is 106 Å². The number of ether oxygens (including phenoxy) is 8. The molecule has 0 aliphatic rings. The van der Waals surface area contributed by atoms with Gasteiger partial charge in [0.25, 0.3) is 0 Å². The van der Waals surface area contributed by atoms with E-state index in [1.165, 1.54) is 0 Å². The molecule has 0 aromatic heterocycles. The largest absolute Gasteiger partial charge is 0.480 e. The summed E-state index contributed by atoms with van der Waals surface area (Å²) in [7, 11) is -1.46.